The number of carbonyl (C=O) groups excluding carboxylic acids is 1. The molecule has 0 bridgehead atoms. The summed E-state index contributed by atoms with van der Waals surface area (Å²) in [7, 11) is -2.25. The molecule has 2 aromatic carbocycles. The third-order valence-corrected chi connectivity index (χ3v) is 6.45. The fraction of sp³-hybridized carbons (Fsp3) is 0.150. The fourth-order valence-corrected chi connectivity index (χ4v) is 4.74. The highest BCUT2D eigenvalue weighted by Crippen LogP contribution is 2.45. The Morgan fingerprint density at radius 2 is 1.89 bits per heavy atom. The first-order valence-corrected chi connectivity index (χ1v) is 10.6. The van der Waals surface area contributed by atoms with Gasteiger partial charge in [-0.25, -0.2) is 4.79 Å². The monoisotopic (exact) mass is 436 g/mol. The van der Waals surface area contributed by atoms with Crippen molar-refractivity contribution in [2.24, 2.45) is 0 Å². The first-order valence-electron chi connectivity index (χ1n) is 8.21. The number of rotatable bonds is 4. The number of hydrogen-bond donors (Lipinski definition) is 0. The van der Waals surface area contributed by atoms with Gasteiger partial charge in [-0.2, -0.15) is 0 Å². The zero-order valence-electron chi connectivity index (χ0n) is 15.0. The first kappa shape index (κ1) is 20.5. The molecular formula is C20H15Cl2O5P. The van der Waals surface area contributed by atoms with E-state index in [2.05, 4.69) is 16.3 Å². The normalized spacial score (nSPS) is 12.9. The molecule has 0 fully saturated rings. The maximum absolute atomic E-state index is 13.4. The van der Waals surface area contributed by atoms with E-state index in [1.807, 2.05) is 6.07 Å². The van der Waals surface area contributed by atoms with E-state index >= 15 is 0 Å². The zero-order chi connectivity index (χ0) is 20.3. The van der Waals surface area contributed by atoms with Crippen molar-refractivity contribution in [3.8, 4) is 11.6 Å². The molecule has 1 atom stereocenters. The molecule has 5 nitrogen and oxygen atoms in total. The van der Waals surface area contributed by atoms with Crippen LogP contribution in [0.15, 0.2) is 47.1 Å². The number of carbonyl (C=O) groups is 1. The average Bonchev–Trinajstić information content (AvgIpc) is 3.13. The highest BCUT2D eigenvalue weighted by molar-refractivity contribution is 7.71. The number of esters is 1. The first-order chi connectivity index (χ1) is 13.4. The average molecular weight is 437 g/mol. The SMILES string of the molecule is CCOP(=O)(C#Cc1cc(Cl)c(C(=O)OC)c(Cl)c1)c1ccc2ccoc2c1. The van der Waals surface area contributed by atoms with E-state index in [1.54, 1.807) is 31.4 Å². The zero-order valence-corrected chi connectivity index (χ0v) is 17.4. The Morgan fingerprint density at radius 1 is 1.18 bits per heavy atom. The Morgan fingerprint density at radius 3 is 2.54 bits per heavy atom. The van der Waals surface area contributed by atoms with Gasteiger partial charge in [0.1, 0.15) is 5.58 Å². The Balaban J connectivity index is 2.03. The summed E-state index contributed by atoms with van der Waals surface area (Å²) in [4.78, 5) is 11.7. The molecule has 1 aromatic heterocycles. The molecule has 28 heavy (non-hydrogen) atoms. The maximum atomic E-state index is 13.4. The van der Waals surface area contributed by atoms with E-state index in [9.17, 15) is 9.36 Å². The lowest BCUT2D eigenvalue weighted by atomic mass is 10.1. The molecule has 0 aliphatic rings. The van der Waals surface area contributed by atoms with Gasteiger partial charge in [-0.1, -0.05) is 35.2 Å². The summed E-state index contributed by atoms with van der Waals surface area (Å²) in [6.45, 7) is 1.95. The second kappa shape index (κ2) is 8.43. The highest BCUT2D eigenvalue weighted by atomic mass is 35.5. The summed E-state index contributed by atoms with van der Waals surface area (Å²) in [6, 6.07) is 9.87. The topological polar surface area (TPSA) is 65.7 Å². The highest BCUT2D eigenvalue weighted by Gasteiger charge is 2.24. The van der Waals surface area contributed by atoms with Crippen LogP contribution >= 0.6 is 30.6 Å². The number of ether oxygens (including phenoxy) is 1. The van der Waals surface area contributed by atoms with Crippen molar-refractivity contribution >= 4 is 52.8 Å². The molecule has 0 saturated carbocycles. The molecule has 3 rings (SSSR count). The minimum Gasteiger partial charge on any atom is -0.465 e. The summed E-state index contributed by atoms with van der Waals surface area (Å²) in [5.74, 6) is 2.13. The van der Waals surface area contributed by atoms with Gasteiger partial charge in [-0.15, -0.1) is 0 Å². The van der Waals surface area contributed by atoms with Crippen LogP contribution in [-0.4, -0.2) is 19.7 Å². The van der Waals surface area contributed by atoms with Crippen LogP contribution < -0.4 is 5.30 Å². The second-order valence-corrected chi connectivity index (χ2v) is 8.57. The third kappa shape index (κ3) is 4.11. The lowest BCUT2D eigenvalue weighted by Gasteiger charge is -2.11. The van der Waals surface area contributed by atoms with Crippen molar-refractivity contribution in [2.45, 2.75) is 6.92 Å². The van der Waals surface area contributed by atoms with Crippen molar-refractivity contribution in [3.05, 3.63) is 63.8 Å². The minimum absolute atomic E-state index is 0.0487. The predicted octanol–water partition coefficient (Wildman–Crippen LogP) is 5.48. The van der Waals surface area contributed by atoms with Crippen LogP contribution in [0.1, 0.15) is 22.8 Å². The van der Waals surface area contributed by atoms with Crippen LogP contribution in [0.25, 0.3) is 11.0 Å². The molecule has 0 amide bonds. The summed E-state index contributed by atoms with van der Waals surface area (Å²) in [5.41, 5.74) is 3.74. The number of hydrogen-bond acceptors (Lipinski definition) is 5. The van der Waals surface area contributed by atoms with Crippen LogP contribution in [0, 0.1) is 11.6 Å². The van der Waals surface area contributed by atoms with Crippen LogP contribution in [0.3, 0.4) is 0 Å². The molecule has 0 aliphatic carbocycles. The lowest BCUT2D eigenvalue weighted by Crippen LogP contribution is -2.06. The second-order valence-electron chi connectivity index (χ2n) is 5.66. The van der Waals surface area contributed by atoms with Gasteiger partial charge in [0.2, 0.25) is 0 Å². The molecule has 0 saturated heterocycles. The number of methoxy groups -OCH3 is 1. The molecule has 0 N–H and O–H groups in total. The van der Waals surface area contributed by atoms with Crippen molar-refractivity contribution in [1.29, 1.82) is 0 Å². The summed E-state index contributed by atoms with van der Waals surface area (Å²) < 4.78 is 28.9. The lowest BCUT2D eigenvalue weighted by molar-refractivity contribution is 0.0601. The molecule has 144 valence electrons. The molecular weight excluding hydrogens is 422 g/mol. The van der Waals surface area contributed by atoms with E-state index in [4.69, 9.17) is 32.1 Å². The minimum atomic E-state index is -3.48. The Kier molecular flexibility index (Phi) is 6.17. The van der Waals surface area contributed by atoms with Crippen molar-refractivity contribution < 1.29 is 23.0 Å². The molecule has 0 aliphatic heterocycles. The Hall–Kier alpha value is -2.22. The van der Waals surface area contributed by atoms with E-state index in [0.29, 0.717) is 16.5 Å². The number of fused-ring (bicyclic) bond motifs is 1. The molecule has 8 heteroatoms. The van der Waals surface area contributed by atoms with Crippen LogP contribution in [0.4, 0.5) is 0 Å². The van der Waals surface area contributed by atoms with Crippen molar-refractivity contribution in [3.63, 3.8) is 0 Å². The molecule has 0 spiro atoms. The summed E-state index contributed by atoms with van der Waals surface area (Å²) in [5, 5.41) is 1.49. The van der Waals surface area contributed by atoms with E-state index in [0.717, 1.165) is 5.39 Å². The van der Waals surface area contributed by atoms with Gasteiger partial charge in [-0.05, 0) is 42.9 Å². The van der Waals surface area contributed by atoms with E-state index < -0.39 is 13.3 Å². The van der Waals surface area contributed by atoms with Gasteiger partial charge in [0.15, 0.2) is 0 Å². The van der Waals surface area contributed by atoms with Crippen molar-refractivity contribution in [1.82, 2.24) is 0 Å². The molecule has 1 unspecified atom stereocenters. The predicted molar refractivity (Wildman–Crippen MR) is 110 cm³/mol. The standard InChI is InChI=1S/C20H15Cl2O5P/c1-3-27-28(24,15-5-4-14-6-8-26-18(14)12-15)9-7-13-10-16(21)19(17(22)11-13)20(23)25-2/h4-6,8,10-12H,3H2,1-2H3. The molecule has 0 radical (unpaired) electrons. The Bertz CT molecular complexity index is 1130. The number of benzene rings is 2. The Labute approximate surface area is 172 Å². The van der Waals surface area contributed by atoms with E-state index in [-0.39, 0.29) is 22.2 Å². The fourth-order valence-electron chi connectivity index (χ4n) is 2.56. The molecule has 3 aromatic rings. The maximum Gasteiger partial charge on any atom is 0.340 e. The van der Waals surface area contributed by atoms with Crippen LogP contribution in [0.2, 0.25) is 10.0 Å². The van der Waals surface area contributed by atoms with Gasteiger partial charge in [0.05, 0.1) is 40.9 Å². The van der Waals surface area contributed by atoms with E-state index in [1.165, 1.54) is 19.2 Å². The van der Waals surface area contributed by atoms with Gasteiger partial charge >= 0.3 is 13.3 Å². The summed E-state index contributed by atoms with van der Waals surface area (Å²) in [6.07, 6.45) is 1.55. The largest absolute Gasteiger partial charge is 0.465 e. The third-order valence-electron chi connectivity index (χ3n) is 3.87. The molecule has 1 heterocycles. The number of halogens is 2. The van der Waals surface area contributed by atoms with Gasteiger partial charge < -0.3 is 13.7 Å². The summed E-state index contributed by atoms with van der Waals surface area (Å²) >= 11 is 12.2. The van der Waals surface area contributed by atoms with Crippen LogP contribution in [-0.2, 0) is 13.8 Å². The van der Waals surface area contributed by atoms with Gasteiger partial charge in [0, 0.05) is 10.9 Å². The van der Waals surface area contributed by atoms with Gasteiger partial charge in [-0.3, -0.25) is 4.57 Å². The van der Waals surface area contributed by atoms with Crippen molar-refractivity contribution in [2.75, 3.05) is 13.7 Å². The quantitative estimate of drug-likeness (QED) is 0.308. The van der Waals surface area contributed by atoms with Crippen LogP contribution in [0.5, 0.6) is 0 Å². The number of furan rings is 1. The smallest absolute Gasteiger partial charge is 0.340 e. The van der Waals surface area contributed by atoms with Gasteiger partial charge in [0.25, 0.3) is 0 Å².